The number of aromatic amines is 1. The van der Waals surface area contributed by atoms with Crippen LogP contribution in [-0.4, -0.2) is 34.3 Å². The molecule has 0 spiro atoms. The van der Waals surface area contributed by atoms with Gasteiger partial charge in [-0.25, -0.2) is 5.10 Å². The Labute approximate surface area is 83.6 Å². The standard InChI is InChI=1S/C5H7N4O5S/c10-4-5(11)9(3-6-8-4)2-1-7-15(12,13)14/h7H,1-2H2,(H,8,10)(H,12,13,14). The largest absolute Gasteiger partial charge is 0.333 e. The van der Waals surface area contributed by atoms with Crippen molar-refractivity contribution >= 4 is 10.3 Å². The summed E-state index contributed by atoms with van der Waals surface area (Å²) in [7, 11) is -4.30. The highest BCUT2D eigenvalue weighted by Gasteiger charge is 2.04. The average molecular weight is 235 g/mol. The molecule has 1 aromatic heterocycles. The number of hydrogen-bond donors (Lipinski definition) is 3. The number of nitrogens with zero attached hydrogens (tertiary/aromatic N) is 2. The van der Waals surface area contributed by atoms with Gasteiger partial charge in [-0.15, -0.1) is 0 Å². The second kappa shape index (κ2) is 4.33. The summed E-state index contributed by atoms with van der Waals surface area (Å²) in [6, 6.07) is 0. The van der Waals surface area contributed by atoms with Crippen LogP contribution in [0.5, 0.6) is 0 Å². The van der Waals surface area contributed by atoms with E-state index in [1.807, 2.05) is 5.10 Å². The molecule has 0 amide bonds. The quantitative estimate of drug-likeness (QED) is 0.379. The van der Waals surface area contributed by atoms with Crippen molar-refractivity contribution in [2.24, 2.45) is 0 Å². The zero-order valence-electron chi connectivity index (χ0n) is 7.30. The van der Waals surface area contributed by atoms with Gasteiger partial charge in [0.2, 0.25) is 6.33 Å². The van der Waals surface area contributed by atoms with Gasteiger partial charge in [0.15, 0.2) is 0 Å². The van der Waals surface area contributed by atoms with Gasteiger partial charge in [0.25, 0.3) is 0 Å². The van der Waals surface area contributed by atoms with Gasteiger partial charge in [-0.05, 0) is 0 Å². The lowest BCUT2D eigenvalue weighted by Gasteiger charge is -2.02. The minimum atomic E-state index is -4.30. The predicted octanol–water partition coefficient (Wildman–Crippen LogP) is -2.88. The van der Waals surface area contributed by atoms with Crippen LogP contribution in [0, 0.1) is 6.33 Å². The SMILES string of the molecule is O=c1[nH]n[c]n(CCNS(=O)(=O)O)c1=O. The molecule has 0 atom stereocenters. The van der Waals surface area contributed by atoms with Gasteiger partial charge in [0, 0.05) is 13.1 Å². The summed E-state index contributed by atoms with van der Waals surface area (Å²) in [5.74, 6) is 0. The molecule has 10 heteroatoms. The molecule has 0 aliphatic carbocycles. The molecule has 0 saturated heterocycles. The van der Waals surface area contributed by atoms with Crippen LogP contribution in [0.4, 0.5) is 0 Å². The maximum absolute atomic E-state index is 11.0. The lowest BCUT2D eigenvalue weighted by atomic mass is 10.6. The number of H-pyrrole nitrogens is 1. The van der Waals surface area contributed by atoms with Crippen molar-refractivity contribution in [3.05, 3.63) is 27.0 Å². The van der Waals surface area contributed by atoms with E-state index in [0.717, 1.165) is 4.57 Å². The maximum atomic E-state index is 11.0. The minimum absolute atomic E-state index is 0.157. The molecule has 0 aliphatic heterocycles. The van der Waals surface area contributed by atoms with Crippen LogP contribution < -0.4 is 15.8 Å². The Kier molecular flexibility index (Phi) is 3.34. The summed E-state index contributed by atoms with van der Waals surface area (Å²) in [6.45, 7) is -0.407. The van der Waals surface area contributed by atoms with Gasteiger partial charge < -0.3 is 0 Å². The summed E-state index contributed by atoms with van der Waals surface area (Å²) in [5.41, 5.74) is -1.83. The Balaban J connectivity index is 2.71. The van der Waals surface area contributed by atoms with Crippen LogP contribution in [0.1, 0.15) is 0 Å². The minimum Gasteiger partial charge on any atom is -0.282 e. The third-order valence-corrected chi connectivity index (χ3v) is 1.96. The van der Waals surface area contributed by atoms with E-state index in [0.29, 0.717) is 0 Å². The van der Waals surface area contributed by atoms with Gasteiger partial charge in [-0.3, -0.25) is 18.7 Å². The fourth-order valence-corrected chi connectivity index (χ4v) is 1.14. The van der Waals surface area contributed by atoms with E-state index in [1.165, 1.54) is 0 Å². The molecule has 1 radical (unpaired) electrons. The molecule has 3 N–H and O–H groups in total. The van der Waals surface area contributed by atoms with Crippen LogP contribution in [0.3, 0.4) is 0 Å². The third-order valence-electron chi connectivity index (χ3n) is 1.39. The molecule has 1 aromatic rings. The number of hydrogen-bond acceptors (Lipinski definition) is 5. The summed E-state index contributed by atoms with van der Waals surface area (Å²) < 4.78 is 31.3. The molecule has 0 unspecified atom stereocenters. The number of nitrogens with one attached hydrogen (secondary N) is 2. The van der Waals surface area contributed by atoms with E-state index in [1.54, 1.807) is 4.72 Å². The van der Waals surface area contributed by atoms with Gasteiger partial charge in [0.1, 0.15) is 0 Å². The van der Waals surface area contributed by atoms with Crippen molar-refractivity contribution in [3.63, 3.8) is 0 Å². The molecule has 15 heavy (non-hydrogen) atoms. The van der Waals surface area contributed by atoms with Crippen molar-refractivity contribution in [2.45, 2.75) is 6.54 Å². The van der Waals surface area contributed by atoms with Crippen molar-refractivity contribution < 1.29 is 13.0 Å². The summed E-state index contributed by atoms with van der Waals surface area (Å²) in [5, 5.41) is 5.08. The number of rotatable bonds is 4. The van der Waals surface area contributed by atoms with Crippen LogP contribution in [-0.2, 0) is 16.8 Å². The molecule has 1 rings (SSSR count). The Bertz CT molecular complexity index is 543. The van der Waals surface area contributed by atoms with E-state index in [2.05, 4.69) is 11.4 Å². The van der Waals surface area contributed by atoms with Gasteiger partial charge in [-0.2, -0.15) is 18.2 Å². The Morgan fingerprint density at radius 3 is 2.80 bits per heavy atom. The molecule has 1 heterocycles. The fraction of sp³-hybridized carbons (Fsp3) is 0.400. The molecule has 0 bridgehead atoms. The van der Waals surface area contributed by atoms with E-state index < -0.39 is 21.4 Å². The van der Waals surface area contributed by atoms with Gasteiger partial charge in [0.05, 0.1) is 0 Å². The fourth-order valence-electron chi connectivity index (χ4n) is 0.790. The van der Waals surface area contributed by atoms with Crippen molar-refractivity contribution in [2.75, 3.05) is 6.54 Å². The molecular formula is C5H7N4O5S. The zero-order valence-corrected chi connectivity index (χ0v) is 8.11. The Morgan fingerprint density at radius 2 is 2.20 bits per heavy atom. The van der Waals surface area contributed by atoms with Crippen LogP contribution >= 0.6 is 0 Å². The van der Waals surface area contributed by atoms with E-state index in [-0.39, 0.29) is 13.1 Å². The summed E-state index contributed by atoms with van der Waals surface area (Å²) in [6.07, 6.45) is 2.15. The van der Waals surface area contributed by atoms with Crippen LogP contribution in [0.25, 0.3) is 0 Å². The van der Waals surface area contributed by atoms with E-state index in [4.69, 9.17) is 4.55 Å². The molecule has 0 saturated carbocycles. The lowest BCUT2D eigenvalue weighted by molar-refractivity contribution is 0.463. The topological polar surface area (TPSA) is 134 Å². The molecule has 83 valence electrons. The monoisotopic (exact) mass is 235 g/mol. The highest BCUT2D eigenvalue weighted by Crippen LogP contribution is 1.75. The predicted molar refractivity (Wildman–Crippen MR) is 47.5 cm³/mol. The second-order valence-electron chi connectivity index (χ2n) is 2.48. The number of aromatic nitrogens is 3. The normalized spacial score (nSPS) is 11.5. The van der Waals surface area contributed by atoms with Crippen molar-refractivity contribution in [3.8, 4) is 0 Å². The molecule has 0 fully saturated rings. The first-order chi connectivity index (χ1) is 6.90. The van der Waals surface area contributed by atoms with E-state index in [9.17, 15) is 18.0 Å². The molecule has 9 nitrogen and oxygen atoms in total. The first kappa shape index (κ1) is 11.6. The van der Waals surface area contributed by atoms with Crippen molar-refractivity contribution in [1.29, 1.82) is 0 Å². The first-order valence-corrected chi connectivity index (χ1v) is 5.13. The highest BCUT2D eigenvalue weighted by molar-refractivity contribution is 7.83. The average Bonchev–Trinajstić information content (AvgIpc) is 2.10. The summed E-state index contributed by atoms with van der Waals surface area (Å²) in [4.78, 5) is 21.8. The maximum Gasteiger partial charge on any atom is 0.333 e. The smallest absolute Gasteiger partial charge is 0.282 e. The van der Waals surface area contributed by atoms with Crippen LogP contribution in [0.15, 0.2) is 9.59 Å². The lowest BCUT2D eigenvalue weighted by Crippen LogP contribution is -2.39. The van der Waals surface area contributed by atoms with Gasteiger partial charge >= 0.3 is 21.4 Å². The third kappa shape index (κ3) is 3.61. The van der Waals surface area contributed by atoms with E-state index >= 15 is 0 Å². The van der Waals surface area contributed by atoms with Crippen LogP contribution in [0.2, 0.25) is 0 Å². The van der Waals surface area contributed by atoms with Gasteiger partial charge in [-0.1, -0.05) is 0 Å². The summed E-state index contributed by atoms with van der Waals surface area (Å²) >= 11 is 0. The Morgan fingerprint density at radius 1 is 1.53 bits per heavy atom. The molecule has 0 aliphatic rings. The second-order valence-corrected chi connectivity index (χ2v) is 3.72. The molecule has 0 aromatic carbocycles. The zero-order chi connectivity index (χ0) is 11.5. The first-order valence-electron chi connectivity index (χ1n) is 3.69. The van der Waals surface area contributed by atoms with Crippen molar-refractivity contribution in [1.82, 2.24) is 19.5 Å². The Hall–Kier alpha value is -1.52. The highest BCUT2D eigenvalue weighted by atomic mass is 32.2. The molecular weight excluding hydrogens is 228 g/mol.